The first-order chi connectivity index (χ1) is 10.3. The van der Waals surface area contributed by atoms with E-state index in [4.69, 9.17) is 0 Å². The molecule has 0 amide bonds. The maximum Gasteiger partial charge on any atom is 0.121 e. The van der Waals surface area contributed by atoms with E-state index >= 15 is 0 Å². The number of phenolic OH excluding ortho intramolecular Hbond substituents is 1. The van der Waals surface area contributed by atoms with E-state index in [0.717, 1.165) is 43.5 Å². The van der Waals surface area contributed by atoms with Crippen LogP contribution >= 0.6 is 24.8 Å². The van der Waals surface area contributed by atoms with Crippen LogP contribution in [0.25, 0.3) is 10.8 Å². The molecule has 1 saturated heterocycles. The Labute approximate surface area is 150 Å². The molecule has 23 heavy (non-hydrogen) atoms. The SMILES string of the molecule is C=CC[C@H](c1c(O)ccc2ccccc12)N1CCNCC1.Cl.Cl. The summed E-state index contributed by atoms with van der Waals surface area (Å²) in [5.74, 6) is 0.388. The summed E-state index contributed by atoms with van der Waals surface area (Å²) in [6, 6.07) is 12.3. The molecule has 0 radical (unpaired) electrons. The molecule has 2 N–H and O–H groups in total. The molecule has 2 aromatic carbocycles. The number of rotatable bonds is 4. The second kappa shape index (κ2) is 9.14. The summed E-state index contributed by atoms with van der Waals surface area (Å²) in [6.07, 6.45) is 2.80. The minimum absolute atomic E-state index is 0. The monoisotopic (exact) mass is 354 g/mol. The number of hydrogen-bond donors (Lipinski definition) is 2. The molecule has 1 heterocycles. The van der Waals surface area contributed by atoms with Crippen LogP contribution in [0.2, 0.25) is 0 Å². The summed E-state index contributed by atoms with van der Waals surface area (Å²) in [6.45, 7) is 7.91. The number of hydrogen-bond acceptors (Lipinski definition) is 3. The van der Waals surface area contributed by atoms with Crippen LogP contribution < -0.4 is 5.32 Å². The summed E-state index contributed by atoms with van der Waals surface area (Å²) < 4.78 is 0. The van der Waals surface area contributed by atoms with Crippen molar-refractivity contribution in [2.24, 2.45) is 0 Å². The smallest absolute Gasteiger partial charge is 0.121 e. The Hall–Kier alpha value is -1.26. The minimum atomic E-state index is 0. The van der Waals surface area contributed by atoms with Gasteiger partial charge >= 0.3 is 0 Å². The Morgan fingerprint density at radius 3 is 2.52 bits per heavy atom. The highest BCUT2D eigenvalue weighted by molar-refractivity contribution is 5.88. The lowest BCUT2D eigenvalue weighted by Crippen LogP contribution is -2.45. The molecule has 1 atom stereocenters. The van der Waals surface area contributed by atoms with Gasteiger partial charge in [0.15, 0.2) is 0 Å². The molecule has 126 valence electrons. The first-order valence-electron chi connectivity index (χ1n) is 7.57. The van der Waals surface area contributed by atoms with Crippen molar-refractivity contribution in [2.45, 2.75) is 12.5 Å². The van der Waals surface area contributed by atoms with Crippen LogP contribution in [0.15, 0.2) is 49.1 Å². The van der Waals surface area contributed by atoms with E-state index in [1.165, 1.54) is 5.39 Å². The van der Waals surface area contributed by atoms with Crippen LogP contribution in [-0.2, 0) is 0 Å². The van der Waals surface area contributed by atoms with Gasteiger partial charge in [-0.3, -0.25) is 4.90 Å². The van der Waals surface area contributed by atoms with Gasteiger partial charge in [0.25, 0.3) is 0 Å². The van der Waals surface area contributed by atoms with Gasteiger partial charge in [-0.15, -0.1) is 31.4 Å². The van der Waals surface area contributed by atoms with E-state index in [-0.39, 0.29) is 30.9 Å². The fourth-order valence-corrected chi connectivity index (χ4v) is 3.24. The first-order valence-corrected chi connectivity index (χ1v) is 7.57. The van der Waals surface area contributed by atoms with Crippen molar-refractivity contribution in [1.82, 2.24) is 10.2 Å². The highest BCUT2D eigenvalue weighted by Gasteiger charge is 2.25. The number of piperazine rings is 1. The van der Waals surface area contributed by atoms with Gasteiger partial charge in [-0.2, -0.15) is 0 Å². The predicted octanol–water partition coefficient (Wildman–Crippen LogP) is 3.91. The van der Waals surface area contributed by atoms with Crippen LogP contribution in [0.4, 0.5) is 0 Å². The van der Waals surface area contributed by atoms with Gasteiger partial charge in [0.2, 0.25) is 0 Å². The Kier molecular flexibility index (Phi) is 7.86. The van der Waals surface area contributed by atoms with Crippen molar-refractivity contribution in [3.8, 4) is 5.75 Å². The molecular weight excluding hydrogens is 331 g/mol. The first kappa shape index (κ1) is 19.8. The third-order valence-corrected chi connectivity index (χ3v) is 4.26. The maximum atomic E-state index is 10.5. The van der Waals surface area contributed by atoms with Crippen LogP contribution in [0.3, 0.4) is 0 Å². The van der Waals surface area contributed by atoms with Gasteiger partial charge in [0.05, 0.1) is 0 Å². The predicted molar refractivity (Wildman–Crippen MR) is 102 cm³/mol. The lowest BCUT2D eigenvalue weighted by molar-refractivity contribution is 0.173. The molecule has 1 aliphatic rings. The van der Waals surface area contributed by atoms with Gasteiger partial charge in [0, 0.05) is 37.8 Å². The van der Waals surface area contributed by atoms with Crippen LogP contribution in [0.1, 0.15) is 18.0 Å². The van der Waals surface area contributed by atoms with E-state index in [9.17, 15) is 5.11 Å². The van der Waals surface area contributed by atoms with Gasteiger partial charge in [-0.1, -0.05) is 36.4 Å². The molecular formula is C18H24Cl2N2O. The highest BCUT2D eigenvalue weighted by atomic mass is 35.5. The third kappa shape index (κ3) is 4.18. The number of benzene rings is 2. The molecule has 2 aromatic rings. The number of fused-ring (bicyclic) bond motifs is 1. The van der Waals surface area contributed by atoms with Crippen LogP contribution in [0.5, 0.6) is 5.75 Å². The summed E-state index contributed by atoms with van der Waals surface area (Å²) in [5, 5.41) is 16.2. The summed E-state index contributed by atoms with van der Waals surface area (Å²) >= 11 is 0. The normalized spacial score (nSPS) is 16.2. The summed E-state index contributed by atoms with van der Waals surface area (Å²) in [4.78, 5) is 2.44. The lowest BCUT2D eigenvalue weighted by atomic mass is 9.94. The van der Waals surface area contributed by atoms with Crippen LogP contribution in [0, 0.1) is 0 Å². The van der Waals surface area contributed by atoms with Crippen molar-refractivity contribution in [3.63, 3.8) is 0 Å². The largest absolute Gasteiger partial charge is 0.508 e. The Morgan fingerprint density at radius 2 is 1.83 bits per heavy atom. The standard InChI is InChI=1S/C18H22N2O.2ClH/c1-2-5-16(20-12-10-19-11-13-20)18-15-7-4-3-6-14(15)8-9-17(18)21;;/h2-4,6-9,16,19,21H,1,5,10-13H2;2*1H/t16-;;/m1../s1. The minimum Gasteiger partial charge on any atom is -0.508 e. The lowest BCUT2D eigenvalue weighted by Gasteiger charge is -2.35. The van der Waals surface area contributed by atoms with Crippen molar-refractivity contribution in [1.29, 1.82) is 0 Å². The van der Waals surface area contributed by atoms with Crippen molar-refractivity contribution >= 4 is 35.6 Å². The van der Waals surface area contributed by atoms with E-state index in [0.29, 0.717) is 5.75 Å². The molecule has 0 aromatic heterocycles. The molecule has 3 rings (SSSR count). The number of phenols is 1. The number of nitrogens with zero attached hydrogens (tertiary/aromatic N) is 1. The van der Waals surface area contributed by atoms with Crippen molar-refractivity contribution < 1.29 is 5.11 Å². The second-order valence-electron chi connectivity index (χ2n) is 5.55. The van der Waals surface area contributed by atoms with Crippen molar-refractivity contribution in [3.05, 3.63) is 54.6 Å². The number of nitrogens with one attached hydrogen (secondary N) is 1. The van der Waals surface area contributed by atoms with E-state index in [1.807, 2.05) is 30.3 Å². The van der Waals surface area contributed by atoms with Crippen molar-refractivity contribution in [2.75, 3.05) is 26.2 Å². The van der Waals surface area contributed by atoms with Crippen LogP contribution in [-0.4, -0.2) is 36.2 Å². The maximum absolute atomic E-state index is 10.5. The average Bonchev–Trinajstić information content (AvgIpc) is 2.54. The molecule has 0 unspecified atom stereocenters. The van der Waals surface area contributed by atoms with Gasteiger partial charge in [-0.05, 0) is 23.3 Å². The average molecular weight is 355 g/mol. The van der Waals surface area contributed by atoms with Gasteiger partial charge < -0.3 is 10.4 Å². The molecule has 5 heteroatoms. The van der Waals surface area contributed by atoms with Gasteiger partial charge in [-0.25, -0.2) is 0 Å². The van der Waals surface area contributed by atoms with E-state index in [2.05, 4.69) is 28.9 Å². The van der Waals surface area contributed by atoms with E-state index in [1.54, 1.807) is 0 Å². The Balaban J connectivity index is 0.00000132. The molecule has 0 bridgehead atoms. The number of aromatic hydroxyl groups is 1. The zero-order valence-corrected chi connectivity index (χ0v) is 14.7. The van der Waals surface area contributed by atoms with Gasteiger partial charge in [0.1, 0.15) is 5.75 Å². The highest BCUT2D eigenvalue weighted by Crippen LogP contribution is 2.37. The molecule has 3 nitrogen and oxygen atoms in total. The molecule has 0 spiro atoms. The fraction of sp³-hybridized carbons (Fsp3) is 0.333. The number of halogens is 2. The van der Waals surface area contributed by atoms with E-state index < -0.39 is 0 Å². The summed E-state index contributed by atoms with van der Waals surface area (Å²) in [5.41, 5.74) is 1.04. The molecule has 1 fully saturated rings. The zero-order chi connectivity index (χ0) is 14.7. The summed E-state index contributed by atoms with van der Waals surface area (Å²) in [7, 11) is 0. The fourth-order valence-electron chi connectivity index (χ4n) is 3.24. The Morgan fingerprint density at radius 1 is 1.13 bits per heavy atom. The zero-order valence-electron chi connectivity index (χ0n) is 13.1. The molecule has 1 aliphatic heterocycles. The topological polar surface area (TPSA) is 35.5 Å². The third-order valence-electron chi connectivity index (χ3n) is 4.26. The second-order valence-corrected chi connectivity index (χ2v) is 5.55. The molecule has 0 saturated carbocycles. The Bertz CT molecular complexity index is 642. The molecule has 0 aliphatic carbocycles. The quantitative estimate of drug-likeness (QED) is 0.817.